The number of amides is 1. The number of rotatable bonds is 5. The molecule has 1 saturated carbocycles. The number of carbonyl (C=O) groups is 1. The van der Waals surface area contributed by atoms with Gasteiger partial charge in [0.25, 0.3) is 5.91 Å². The van der Waals surface area contributed by atoms with Gasteiger partial charge < -0.3 is 0 Å². The van der Waals surface area contributed by atoms with Crippen LogP contribution in [-0.4, -0.2) is 35.3 Å². The summed E-state index contributed by atoms with van der Waals surface area (Å²) in [7, 11) is 0. The van der Waals surface area contributed by atoms with E-state index in [0.29, 0.717) is 21.8 Å². The second-order valence-corrected chi connectivity index (χ2v) is 7.92. The lowest BCUT2D eigenvalue weighted by molar-refractivity contribution is -0.142. The number of halogens is 4. The topological polar surface area (TPSA) is 90.0 Å². The van der Waals surface area contributed by atoms with Crippen LogP contribution in [0.15, 0.2) is 42.7 Å². The average molecular weight is 462 g/mol. The van der Waals surface area contributed by atoms with Crippen molar-refractivity contribution in [1.82, 2.24) is 29.4 Å². The number of hydrogen-bond acceptors (Lipinski definition) is 5. The van der Waals surface area contributed by atoms with Crippen LogP contribution >= 0.6 is 11.6 Å². The van der Waals surface area contributed by atoms with Crippen molar-refractivity contribution in [2.75, 3.05) is 5.32 Å². The number of hydrogen-bond donors (Lipinski definition) is 1. The number of nitrogens with one attached hydrogen (secondary N) is 1. The van der Waals surface area contributed by atoms with Crippen molar-refractivity contribution in [1.29, 1.82) is 0 Å². The van der Waals surface area contributed by atoms with Crippen molar-refractivity contribution in [3.63, 3.8) is 0 Å². The molecule has 1 fully saturated rings. The van der Waals surface area contributed by atoms with Crippen LogP contribution in [0.25, 0.3) is 5.65 Å². The van der Waals surface area contributed by atoms with Crippen LogP contribution in [0.4, 0.5) is 19.1 Å². The molecule has 3 aromatic heterocycles. The van der Waals surface area contributed by atoms with Crippen LogP contribution in [0, 0.1) is 0 Å². The normalized spacial score (nSPS) is 14.1. The summed E-state index contributed by atoms with van der Waals surface area (Å²) < 4.78 is 42.7. The van der Waals surface area contributed by atoms with Gasteiger partial charge in [-0.05, 0) is 36.6 Å². The molecule has 3 heterocycles. The highest BCUT2D eigenvalue weighted by atomic mass is 35.5. The molecule has 0 unspecified atom stereocenters. The van der Waals surface area contributed by atoms with E-state index in [-0.39, 0.29) is 23.2 Å². The Labute approximate surface area is 184 Å². The van der Waals surface area contributed by atoms with E-state index >= 15 is 0 Å². The second kappa shape index (κ2) is 7.59. The minimum atomic E-state index is -4.63. The lowest BCUT2D eigenvalue weighted by Crippen LogP contribution is -2.16. The van der Waals surface area contributed by atoms with Crippen LogP contribution in [0.1, 0.15) is 46.2 Å². The van der Waals surface area contributed by atoms with E-state index in [4.69, 9.17) is 11.6 Å². The van der Waals surface area contributed by atoms with Gasteiger partial charge in [-0.2, -0.15) is 18.3 Å². The van der Waals surface area contributed by atoms with Crippen LogP contribution in [0.5, 0.6) is 0 Å². The smallest absolute Gasteiger partial charge is 0.288 e. The molecular formula is C20H15ClF3N7O. The van der Waals surface area contributed by atoms with Gasteiger partial charge in [0, 0.05) is 22.7 Å². The molecule has 0 bridgehead atoms. The van der Waals surface area contributed by atoms with Gasteiger partial charge in [-0.1, -0.05) is 23.7 Å². The highest BCUT2D eigenvalue weighted by Gasteiger charge is 2.37. The third-order valence-electron chi connectivity index (χ3n) is 4.99. The Bertz CT molecular complexity index is 1310. The quantitative estimate of drug-likeness (QED) is 0.481. The lowest BCUT2D eigenvalue weighted by atomic mass is 10.2. The molecule has 1 aliphatic carbocycles. The lowest BCUT2D eigenvalue weighted by Gasteiger charge is -2.10. The average Bonchev–Trinajstić information content (AvgIpc) is 3.35. The van der Waals surface area contributed by atoms with Crippen molar-refractivity contribution >= 4 is 29.1 Å². The van der Waals surface area contributed by atoms with Gasteiger partial charge in [0.05, 0.1) is 6.54 Å². The van der Waals surface area contributed by atoms with Crippen molar-refractivity contribution in [3.05, 3.63) is 70.4 Å². The molecule has 0 atom stereocenters. The summed E-state index contributed by atoms with van der Waals surface area (Å²) in [5.41, 5.74) is 0.0703. The zero-order valence-electron chi connectivity index (χ0n) is 16.3. The molecule has 12 heteroatoms. The zero-order chi connectivity index (χ0) is 22.5. The van der Waals surface area contributed by atoms with Gasteiger partial charge in [-0.3, -0.25) is 10.1 Å². The molecule has 0 aliphatic heterocycles. The minimum absolute atomic E-state index is 0.00342. The fraction of sp³-hybridized carbons (Fsp3) is 0.250. The maximum absolute atomic E-state index is 13.5. The van der Waals surface area contributed by atoms with E-state index in [9.17, 15) is 18.0 Å². The first kappa shape index (κ1) is 20.4. The maximum Gasteiger partial charge on any atom is 0.433 e. The highest BCUT2D eigenvalue weighted by molar-refractivity contribution is 6.30. The number of fused-ring (bicyclic) bond motifs is 1. The van der Waals surface area contributed by atoms with E-state index < -0.39 is 17.8 Å². The Morgan fingerprint density at radius 1 is 1.16 bits per heavy atom. The zero-order valence-corrected chi connectivity index (χ0v) is 17.1. The van der Waals surface area contributed by atoms with E-state index in [0.717, 1.165) is 24.5 Å². The first-order chi connectivity index (χ1) is 15.3. The number of benzene rings is 1. The summed E-state index contributed by atoms with van der Waals surface area (Å²) in [5.74, 6) is -0.716. The molecule has 0 spiro atoms. The molecule has 4 aromatic rings. The van der Waals surface area contributed by atoms with Crippen LogP contribution in [0.3, 0.4) is 0 Å². The van der Waals surface area contributed by atoms with Crippen molar-refractivity contribution in [3.8, 4) is 0 Å². The summed E-state index contributed by atoms with van der Waals surface area (Å²) in [6.07, 6.45) is -1.61. The molecule has 1 aliphatic rings. The third-order valence-corrected chi connectivity index (χ3v) is 5.24. The van der Waals surface area contributed by atoms with Gasteiger partial charge in [-0.25, -0.2) is 19.2 Å². The van der Waals surface area contributed by atoms with E-state index in [2.05, 4.69) is 25.5 Å². The predicted molar refractivity (Wildman–Crippen MR) is 108 cm³/mol. The van der Waals surface area contributed by atoms with Crippen LogP contribution in [-0.2, 0) is 12.7 Å². The molecular weight excluding hydrogens is 447 g/mol. The molecule has 0 saturated heterocycles. The minimum Gasteiger partial charge on any atom is -0.288 e. The number of aromatic nitrogens is 6. The Hall–Kier alpha value is -3.47. The molecule has 1 aromatic carbocycles. The van der Waals surface area contributed by atoms with Gasteiger partial charge in [0.1, 0.15) is 12.0 Å². The molecule has 32 heavy (non-hydrogen) atoms. The standard InChI is InChI=1S/C20H15ClF3N7O/c21-13-5-1-11(2-6-13)9-30-10-25-19(29-30)27-18(32)15-8-17-26-14(12-3-4-12)7-16(20(22,23)24)31(17)28-15/h1-2,5-8,10,12H,3-4,9H2,(H,27,29,32). The first-order valence-corrected chi connectivity index (χ1v) is 10.1. The largest absolute Gasteiger partial charge is 0.433 e. The van der Waals surface area contributed by atoms with Crippen molar-refractivity contribution in [2.45, 2.75) is 31.5 Å². The molecule has 0 radical (unpaired) electrons. The summed E-state index contributed by atoms with van der Waals surface area (Å²) in [6, 6.07) is 9.39. The summed E-state index contributed by atoms with van der Waals surface area (Å²) in [5, 5.41) is 11.1. The molecule has 1 N–H and O–H groups in total. The van der Waals surface area contributed by atoms with Crippen molar-refractivity contribution in [2.24, 2.45) is 0 Å². The van der Waals surface area contributed by atoms with E-state index in [1.54, 1.807) is 12.1 Å². The fourth-order valence-electron chi connectivity index (χ4n) is 3.27. The monoisotopic (exact) mass is 461 g/mol. The number of nitrogens with zero attached hydrogens (tertiary/aromatic N) is 6. The first-order valence-electron chi connectivity index (χ1n) is 9.69. The van der Waals surface area contributed by atoms with Crippen molar-refractivity contribution < 1.29 is 18.0 Å². The number of anilines is 1. The summed E-state index contributed by atoms with van der Waals surface area (Å²) in [4.78, 5) is 20.9. The molecule has 5 rings (SSSR count). The third kappa shape index (κ3) is 4.15. The number of carbonyl (C=O) groups excluding carboxylic acids is 1. The second-order valence-electron chi connectivity index (χ2n) is 7.48. The molecule has 164 valence electrons. The van der Waals surface area contributed by atoms with E-state index in [1.165, 1.54) is 17.1 Å². The Kier molecular flexibility index (Phi) is 4.85. The fourth-order valence-corrected chi connectivity index (χ4v) is 3.39. The Morgan fingerprint density at radius 3 is 2.59 bits per heavy atom. The Morgan fingerprint density at radius 2 is 1.91 bits per heavy atom. The SMILES string of the molecule is O=C(Nc1ncn(Cc2ccc(Cl)cc2)n1)c1cc2nc(C3CC3)cc(C(F)(F)F)n2n1. The predicted octanol–water partition coefficient (Wildman–Crippen LogP) is 4.17. The van der Waals surface area contributed by atoms with Gasteiger partial charge in [-0.15, -0.1) is 5.10 Å². The van der Waals surface area contributed by atoms with Gasteiger partial charge >= 0.3 is 6.18 Å². The number of alkyl halides is 3. The van der Waals surface area contributed by atoms with Gasteiger partial charge in [0.15, 0.2) is 11.3 Å². The maximum atomic E-state index is 13.5. The molecule has 1 amide bonds. The van der Waals surface area contributed by atoms with Gasteiger partial charge in [0.2, 0.25) is 5.95 Å². The Balaban J connectivity index is 1.37. The summed E-state index contributed by atoms with van der Waals surface area (Å²) >= 11 is 5.87. The van der Waals surface area contributed by atoms with Crippen LogP contribution in [0.2, 0.25) is 5.02 Å². The van der Waals surface area contributed by atoms with E-state index in [1.807, 2.05) is 12.1 Å². The van der Waals surface area contributed by atoms with Crippen LogP contribution < -0.4 is 5.32 Å². The summed E-state index contributed by atoms with van der Waals surface area (Å²) in [6.45, 7) is 0.400. The molecule has 8 nitrogen and oxygen atoms in total. The highest BCUT2D eigenvalue weighted by Crippen LogP contribution is 2.41.